The van der Waals surface area contributed by atoms with Gasteiger partial charge in [0.25, 0.3) is 11.8 Å². The van der Waals surface area contributed by atoms with Crippen LogP contribution in [0, 0.1) is 0 Å². The van der Waals surface area contributed by atoms with Crippen molar-refractivity contribution in [2.24, 2.45) is 0 Å². The maximum Gasteiger partial charge on any atom is 0.320 e. The normalized spacial score (nSPS) is 15.9. The van der Waals surface area contributed by atoms with Crippen LogP contribution >= 0.6 is 0 Å². The lowest BCUT2D eigenvalue weighted by atomic mass is 9.98. The lowest BCUT2D eigenvalue weighted by Crippen LogP contribution is -2.52. The molecule has 2 aromatic heterocycles. The first-order valence-electron chi connectivity index (χ1n) is 38.9. The topological polar surface area (TPSA) is 446 Å². The molecule has 0 bridgehead atoms. The zero-order valence-corrected chi connectivity index (χ0v) is 66.6. The number of carboxylic acid groups (broad SMARTS) is 4. The van der Waals surface area contributed by atoms with Crippen LogP contribution in [0.3, 0.4) is 0 Å². The Kier molecular flexibility index (Phi) is 31.9. The van der Waals surface area contributed by atoms with Crippen LogP contribution in [0.5, 0.6) is 23.0 Å². The van der Waals surface area contributed by atoms with Crippen molar-refractivity contribution in [3.8, 4) is 57.1 Å². The van der Waals surface area contributed by atoms with Crippen molar-refractivity contribution < 1.29 is 88.1 Å². The highest BCUT2D eigenvalue weighted by Gasteiger charge is 2.34. The maximum atomic E-state index is 14.4. The average Bonchev–Trinajstić information content (AvgIpc) is 1.65. The van der Waals surface area contributed by atoms with Gasteiger partial charge in [0, 0.05) is 180 Å². The molecule has 115 heavy (non-hydrogen) atoms. The van der Waals surface area contributed by atoms with E-state index < -0.39 is 79.1 Å². The number of carbonyl (C=O) groups is 10. The van der Waals surface area contributed by atoms with Gasteiger partial charge in [0.1, 0.15) is 35.1 Å². The number of rotatable bonds is 35. The van der Waals surface area contributed by atoms with E-state index in [0.29, 0.717) is 113 Å². The monoisotopic (exact) mass is 1600 g/mol. The molecule has 0 aliphatic carbocycles. The van der Waals surface area contributed by atoms with Crippen LogP contribution in [0.15, 0.2) is 72.8 Å². The van der Waals surface area contributed by atoms with Crippen molar-refractivity contribution in [1.82, 2.24) is 90.0 Å². The van der Waals surface area contributed by atoms with Gasteiger partial charge in [-0.1, -0.05) is 52.0 Å². The number of piperazine rings is 2. The molecule has 3 saturated heterocycles. The number of carboxylic acids is 4. The SMILES string of the molecule is CCNC(=O)c1nnc(-c2cc(C(C)C)c(OC)cc2O)n1-c1ccc(CN2CCN(C(=O)CCNC(=O)[C@@H](CCC(=O)N3CCN(Cc4ccc(-n5c(C(=O)NCC)nnc5-c5cc(C(C)C)c(OC)cc5O)cc4)CC3)NC(=O)CC[C@H](C(=O)O)N3CCN(CC(=O)O)CCN(CC(=O)O)CCN(CC(=O)O)CC3)CC2)cc1. The molecule has 3 fully saturated rings. The van der Waals surface area contributed by atoms with Crippen molar-refractivity contribution in [2.75, 3.05) is 158 Å². The quantitative estimate of drug-likeness (QED) is 0.0273. The first-order valence-corrected chi connectivity index (χ1v) is 38.9. The van der Waals surface area contributed by atoms with Crippen molar-refractivity contribution in [3.05, 3.63) is 107 Å². The van der Waals surface area contributed by atoms with Gasteiger partial charge in [-0.3, -0.25) is 86.5 Å². The highest BCUT2D eigenvalue weighted by Crippen LogP contribution is 2.41. The van der Waals surface area contributed by atoms with Gasteiger partial charge in [0.15, 0.2) is 11.6 Å². The van der Waals surface area contributed by atoms with E-state index in [4.69, 9.17) is 9.47 Å². The summed E-state index contributed by atoms with van der Waals surface area (Å²) in [4.78, 5) is 146. The van der Waals surface area contributed by atoms with Crippen molar-refractivity contribution in [3.63, 3.8) is 0 Å². The minimum absolute atomic E-state index is 0.0173. The van der Waals surface area contributed by atoms with Gasteiger partial charge in [-0.15, -0.1) is 20.4 Å². The molecule has 0 unspecified atom stereocenters. The van der Waals surface area contributed by atoms with E-state index in [1.807, 2.05) is 76.2 Å². The summed E-state index contributed by atoms with van der Waals surface area (Å²) >= 11 is 0. The van der Waals surface area contributed by atoms with Crippen LogP contribution in [-0.2, 0) is 51.4 Å². The predicted molar refractivity (Wildman–Crippen MR) is 421 cm³/mol. The summed E-state index contributed by atoms with van der Waals surface area (Å²) < 4.78 is 14.3. The molecule has 36 nitrogen and oxygen atoms in total. The van der Waals surface area contributed by atoms with Crippen LogP contribution in [-0.4, -0.2) is 329 Å². The molecule has 6 aromatic rings. The van der Waals surface area contributed by atoms with Crippen LogP contribution < -0.4 is 30.7 Å². The number of nitrogens with zero attached hydrogens (tertiary/aromatic N) is 14. The molecular weight excluding hydrogens is 1490 g/mol. The zero-order valence-electron chi connectivity index (χ0n) is 66.6. The highest BCUT2D eigenvalue weighted by molar-refractivity contribution is 5.93. The molecule has 2 atom stereocenters. The first-order chi connectivity index (χ1) is 55.1. The van der Waals surface area contributed by atoms with Gasteiger partial charge in [-0.2, -0.15) is 0 Å². The van der Waals surface area contributed by atoms with Crippen molar-refractivity contribution >= 4 is 59.3 Å². The van der Waals surface area contributed by atoms with Crippen LogP contribution in [0.25, 0.3) is 34.2 Å². The number of carbonyl (C=O) groups excluding carboxylic acids is 6. The summed E-state index contributed by atoms with van der Waals surface area (Å²) in [5.74, 6) is -6.23. The molecule has 4 aromatic carbocycles. The van der Waals surface area contributed by atoms with E-state index in [0.717, 1.165) is 22.3 Å². The third kappa shape index (κ3) is 24.0. The number of amides is 6. The molecule has 0 saturated carbocycles. The number of aromatic hydroxyl groups is 2. The van der Waals surface area contributed by atoms with E-state index in [1.165, 1.54) is 31.3 Å². The Balaban J connectivity index is 0.840. The number of nitrogens with one attached hydrogen (secondary N) is 4. The summed E-state index contributed by atoms with van der Waals surface area (Å²) in [6, 6.07) is 19.0. The van der Waals surface area contributed by atoms with Crippen molar-refractivity contribution in [1.29, 1.82) is 0 Å². The molecular formula is C79H108N18O18. The zero-order chi connectivity index (χ0) is 83.2. The molecule has 622 valence electrons. The van der Waals surface area contributed by atoms with Crippen LogP contribution in [0.1, 0.15) is 129 Å². The number of phenolic OH excluding ortho intramolecular Hbond substituents is 2. The predicted octanol–water partition coefficient (Wildman–Crippen LogP) is 2.83. The Morgan fingerprint density at radius 1 is 0.461 bits per heavy atom. The van der Waals surface area contributed by atoms with Gasteiger partial charge < -0.3 is 71.2 Å². The largest absolute Gasteiger partial charge is 0.507 e. The third-order valence-electron chi connectivity index (χ3n) is 20.7. The Morgan fingerprint density at radius 3 is 1.21 bits per heavy atom. The number of benzene rings is 4. The second-order valence-electron chi connectivity index (χ2n) is 29.4. The molecule has 36 heteroatoms. The second kappa shape index (κ2) is 41.7. The lowest BCUT2D eigenvalue weighted by molar-refractivity contribution is -0.145. The van der Waals surface area contributed by atoms with Gasteiger partial charge in [0.05, 0.1) is 45.0 Å². The first kappa shape index (κ1) is 87.8. The summed E-state index contributed by atoms with van der Waals surface area (Å²) in [6.07, 6.45) is -1.18. The molecule has 9 rings (SSSR count). The Morgan fingerprint density at radius 2 is 0.843 bits per heavy atom. The average molecular weight is 1600 g/mol. The summed E-state index contributed by atoms with van der Waals surface area (Å²) in [7, 11) is 3.05. The molecule has 6 amide bonds. The number of aromatic nitrogens is 6. The number of ether oxygens (including phenoxy) is 2. The summed E-state index contributed by atoms with van der Waals surface area (Å²) in [5.41, 5.74) is 5.38. The number of hydrogen-bond acceptors (Lipinski definition) is 24. The van der Waals surface area contributed by atoms with Crippen molar-refractivity contribution in [2.45, 2.75) is 111 Å². The molecule has 3 aliphatic heterocycles. The van der Waals surface area contributed by atoms with Gasteiger partial charge in [-0.25, -0.2) is 0 Å². The van der Waals surface area contributed by atoms with Gasteiger partial charge in [-0.05, 0) is 97.2 Å². The molecule has 0 radical (unpaired) electrons. The number of aliphatic carboxylic acids is 4. The fraction of sp³-hybridized carbons (Fsp3) is 0.519. The van der Waals surface area contributed by atoms with E-state index in [9.17, 15) is 78.6 Å². The molecule has 3 aliphatic rings. The standard InChI is InChI=1S/C79H108N18O18/c1-9-80-77(110)74-86-84-72(58-41-56(50(3)4)64(114-7)43-62(58)98)96(74)54-15-11-52(12-16-54)45-88-31-37-94(38-32-88)67(101)22-19-60(83-66(100)21-20-61(79(112)113)93-35-29-91(48-70(105)106)27-25-90(47-69(103)104)26-28-92(30-36-93)49-71(107)108)76(109)82-24-23-68(102)95-39-33-89(34-40-95)46-53-13-17-55(18-14-53)97-73(85-87-75(97)78(111)81-10-2)59-42-57(51(5)6)65(115-8)44-63(59)99/h11-18,41-44,50-51,60-61,98-99H,9-10,19-40,45-49H2,1-8H3,(H,80,110)(H,81,111)(H,82,109)(H,83,100)(H,103,104)(H,105,106)(H,107,108)(H,112,113)/t60-,61-/m1/s1. The maximum absolute atomic E-state index is 14.4. The van der Waals surface area contributed by atoms with E-state index >= 15 is 0 Å². The van der Waals surface area contributed by atoms with E-state index in [2.05, 4.69) is 51.5 Å². The van der Waals surface area contributed by atoms with Gasteiger partial charge in [0.2, 0.25) is 35.3 Å². The van der Waals surface area contributed by atoms with E-state index in [1.54, 1.807) is 59.6 Å². The Hall–Kier alpha value is -11.2. The lowest BCUT2D eigenvalue weighted by Gasteiger charge is -2.35. The summed E-state index contributed by atoms with van der Waals surface area (Å²) in [6.45, 7) is 15.7. The third-order valence-corrected chi connectivity index (χ3v) is 20.7. The van der Waals surface area contributed by atoms with Crippen LogP contribution in [0.2, 0.25) is 0 Å². The Bertz CT molecular complexity index is 4350. The minimum Gasteiger partial charge on any atom is -0.507 e. The second-order valence-corrected chi connectivity index (χ2v) is 29.4. The fourth-order valence-electron chi connectivity index (χ4n) is 14.5. The van der Waals surface area contributed by atoms with Gasteiger partial charge >= 0.3 is 23.9 Å². The number of methoxy groups -OCH3 is 2. The minimum atomic E-state index is -1.36. The fourth-order valence-corrected chi connectivity index (χ4v) is 14.5. The smallest absolute Gasteiger partial charge is 0.320 e. The number of phenols is 2. The molecule has 10 N–H and O–H groups in total. The molecule has 5 heterocycles. The summed E-state index contributed by atoms with van der Waals surface area (Å²) in [5, 5.41) is 90.9. The van der Waals surface area contributed by atoms with Crippen LogP contribution in [0.4, 0.5) is 0 Å². The molecule has 0 spiro atoms. The Labute approximate surface area is 667 Å². The highest BCUT2D eigenvalue weighted by atomic mass is 16.5. The number of hydrogen-bond donors (Lipinski definition) is 10. The van der Waals surface area contributed by atoms with E-state index in [-0.39, 0.29) is 150 Å².